The number of methoxy groups -OCH3 is 1. The van der Waals surface area contributed by atoms with Gasteiger partial charge in [-0.15, -0.1) is 0 Å². The first-order chi connectivity index (χ1) is 13.5. The molecule has 0 radical (unpaired) electrons. The van der Waals surface area contributed by atoms with Crippen LogP contribution in [0.3, 0.4) is 0 Å². The number of nitrogens with zero attached hydrogens (tertiary/aromatic N) is 1. The van der Waals surface area contributed by atoms with E-state index in [0.717, 1.165) is 18.6 Å². The summed E-state index contributed by atoms with van der Waals surface area (Å²) in [5.41, 5.74) is -0.112. The molecule has 0 saturated carbocycles. The Hall–Kier alpha value is -2.80. The van der Waals surface area contributed by atoms with Crippen molar-refractivity contribution in [3.05, 3.63) is 52.8 Å². The first-order valence-electron chi connectivity index (χ1n) is 8.84. The van der Waals surface area contributed by atoms with Crippen molar-refractivity contribution in [3.63, 3.8) is 0 Å². The first kappa shape index (κ1) is 19.9. The SMILES string of the molecule is CCCCOC(=O)c1nc(Br)c2cc(Oc3ccc(OC)cc3)ccc2c1O. The van der Waals surface area contributed by atoms with Crippen LogP contribution in [0.2, 0.25) is 0 Å². The molecule has 0 amide bonds. The lowest BCUT2D eigenvalue weighted by Crippen LogP contribution is -2.09. The number of carbonyl (C=O) groups excluding carboxylic acids is 1. The molecule has 0 bridgehead atoms. The summed E-state index contributed by atoms with van der Waals surface area (Å²) in [5.74, 6) is 1.09. The van der Waals surface area contributed by atoms with Crippen molar-refractivity contribution in [2.24, 2.45) is 0 Å². The van der Waals surface area contributed by atoms with E-state index in [1.54, 1.807) is 49.6 Å². The van der Waals surface area contributed by atoms with Gasteiger partial charge in [0.1, 0.15) is 21.9 Å². The van der Waals surface area contributed by atoms with E-state index < -0.39 is 5.97 Å². The molecule has 0 spiro atoms. The zero-order valence-electron chi connectivity index (χ0n) is 15.6. The normalized spacial score (nSPS) is 10.7. The number of aromatic nitrogens is 1. The fourth-order valence-electron chi connectivity index (χ4n) is 2.60. The molecule has 0 aliphatic heterocycles. The molecule has 6 nitrogen and oxygen atoms in total. The maximum atomic E-state index is 12.2. The number of rotatable bonds is 7. The number of carbonyl (C=O) groups is 1. The number of esters is 1. The van der Waals surface area contributed by atoms with Crippen molar-refractivity contribution in [2.75, 3.05) is 13.7 Å². The highest BCUT2D eigenvalue weighted by Crippen LogP contribution is 2.36. The molecule has 0 atom stereocenters. The van der Waals surface area contributed by atoms with Gasteiger partial charge >= 0.3 is 5.97 Å². The number of benzene rings is 2. The van der Waals surface area contributed by atoms with Gasteiger partial charge in [-0.1, -0.05) is 13.3 Å². The Bertz CT molecular complexity index is 988. The molecule has 28 heavy (non-hydrogen) atoms. The van der Waals surface area contributed by atoms with E-state index in [1.165, 1.54) is 0 Å². The average molecular weight is 446 g/mol. The van der Waals surface area contributed by atoms with E-state index in [0.29, 0.717) is 33.5 Å². The Morgan fingerprint density at radius 2 is 1.75 bits per heavy atom. The molecule has 0 unspecified atom stereocenters. The molecule has 3 aromatic rings. The smallest absolute Gasteiger partial charge is 0.360 e. The fourth-order valence-corrected chi connectivity index (χ4v) is 3.11. The number of aromatic hydroxyl groups is 1. The molecular weight excluding hydrogens is 426 g/mol. The maximum absolute atomic E-state index is 12.2. The zero-order valence-corrected chi connectivity index (χ0v) is 17.2. The lowest BCUT2D eigenvalue weighted by atomic mass is 10.1. The molecule has 146 valence electrons. The van der Waals surface area contributed by atoms with Gasteiger partial charge in [0.15, 0.2) is 11.4 Å². The van der Waals surface area contributed by atoms with E-state index in [9.17, 15) is 9.90 Å². The fraction of sp³-hybridized carbons (Fsp3) is 0.238. The minimum atomic E-state index is -0.646. The lowest BCUT2D eigenvalue weighted by Gasteiger charge is -2.11. The Labute approximate surface area is 171 Å². The third kappa shape index (κ3) is 4.36. The summed E-state index contributed by atoms with van der Waals surface area (Å²) >= 11 is 3.37. The van der Waals surface area contributed by atoms with Crippen molar-refractivity contribution in [3.8, 4) is 23.0 Å². The Balaban J connectivity index is 1.88. The third-order valence-corrected chi connectivity index (χ3v) is 4.73. The maximum Gasteiger partial charge on any atom is 0.360 e. The van der Waals surface area contributed by atoms with Gasteiger partial charge in [-0.25, -0.2) is 9.78 Å². The van der Waals surface area contributed by atoms with E-state index in [1.807, 2.05) is 6.92 Å². The van der Waals surface area contributed by atoms with E-state index in [4.69, 9.17) is 14.2 Å². The summed E-state index contributed by atoms with van der Waals surface area (Å²) in [6.07, 6.45) is 1.67. The number of halogens is 1. The summed E-state index contributed by atoms with van der Waals surface area (Å²) in [7, 11) is 1.60. The third-order valence-electron chi connectivity index (χ3n) is 4.12. The van der Waals surface area contributed by atoms with E-state index in [2.05, 4.69) is 20.9 Å². The van der Waals surface area contributed by atoms with Crippen LogP contribution >= 0.6 is 15.9 Å². The number of pyridine rings is 1. The second-order valence-corrected chi connectivity index (χ2v) is 6.83. The minimum Gasteiger partial charge on any atom is -0.505 e. The van der Waals surface area contributed by atoms with Crippen LogP contribution in [-0.2, 0) is 4.74 Å². The molecule has 1 aromatic heterocycles. The molecule has 0 aliphatic carbocycles. The van der Waals surface area contributed by atoms with Crippen LogP contribution in [0.5, 0.6) is 23.0 Å². The summed E-state index contributed by atoms with van der Waals surface area (Å²) in [6.45, 7) is 2.29. The second-order valence-electron chi connectivity index (χ2n) is 6.07. The molecule has 3 rings (SSSR count). The van der Waals surface area contributed by atoms with Gasteiger partial charge < -0.3 is 19.3 Å². The number of hydrogen-bond donors (Lipinski definition) is 1. The van der Waals surface area contributed by atoms with Gasteiger partial charge in [0.25, 0.3) is 0 Å². The van der Waals surface area contributed by atoms with E-state index in [-0.39, 0.29) is 11.4 Å². The monoisotopic (exact) mass is 445 g/mol. The molecule has 1 heterocycles. The molecule has 1 N–H and O–H groups in total. The lowest BCUT2D eigenvalue weighted by molar-refractivity contribution is 0.0489. The van der Waals surface area contributed by atoms with Gasteiger partial charge in [-0.3, -0.25) is 0 Å². The predicted molar refractivity (Wildman–Crippen MR) is 109 cm³/mol. The largest absolute Gasteiger partial charge is 0.505 e. The standard InChI is InChI=1S/C21H20BrNO5/c1-3-4-11-27-21(25)18-19(24)16-10-9-15(12-17(16)20(22)23-18)28-14-7-5-13(26-2)6-8-14/h5-10,12,24H,3-4,11H2,1-2H3. The van der Waals surface area contributed by atoms with Gasteiger partial charge in [-0.05, 0) is 64.8 Å². The highest BCUT2D eigenvalue weighted by Gasteiger charge is 2.20. The topological polar surface area (TPSA) is 77.9 Å². The molecule has 7 heteroatoms. The van der Waals surface area contributed by atoms with Crippen LogP contribution in [0, 0.1) is 0 Å². The summed E-state index contributed by atoms with van der Waals surface area (Å²) in [5, 5.41) is 11.6. The van der Waals surface area contributed by atoms with Crippen LogP contribution in [-0.4, -0.2) is 29.8 Å². The van der Waals surface area contributed by atoms with Gasteiger partial charge in [-0.2, -0.15) is 0 Å². The van der Waals surface area contributed by atoms with Crippen LogP contribution in [0.25, 0.3) is 10.8 Å². The van der Waals surface area contributed by atoms with Crippen molar-refractivity contribution >= 4 is 32.7 Å². The Kier molecular flexibility index (Phi) is 6.36. The van der Waals surface area contributed by atoms with Gasteiger partial charge in [0.2, 0.25) is 0 Å². The molecule has 0 saturated heterocycles. The van der Waals surface area contributed by atoms with Crippen LogP contribution < -0.4 is 9.47 Å². The van der Waals surface area contributed by atoms with Gasteiger partial charge in [0.05, 0.1) is 13.7 Å². The minimum absolute atomic E-state index is 0.112. The molecule has 0 aliphatic rings. The number of ether oxygens (including phenoxy) is 3. The highest BCUT2D eigenvalue weighted by atomic mass is 79.9. The number of hydrogen-bond acceptors (Lipinski definition) is 6. The highest BCUT2D eigenvalue weighted by molar-refractivity contribution is 9.10. The summed E-state index contributed by atoms with van der Waals surface area (Å²) in [4.78, 5) is 16.4. The zero-order chi connectivity index (χ0) is 20.1. The molecular formula is C21H20BrNO5. The summed E-state index contributed by atoms with van der Waals surface area (Å²) < 4.78 is 16.6. The Morgan fingerprint density at radius 1 is 1.07 bits per heavy atom. The average Bonchev–Trinajstić information content (AvgIpc) is 2.71. The first-order valence-corrected chi connectivity index (χ1v) is 9.64. The van der Waals surface area contributed by atoms with Crippen LogP contribution in [0.15, 0.2) is 47.1 Å². The second kappa shape index (κ2) is 8.93. The van der Waals surface area contributed by atoms with Gasteiger partial charge in [0, 0.05) is 10.8 Å². The molecule has 2 aromatic carbocycles. The van der Waals surface area contributed by atoms with Crippen molar-refractivity contribution in [2.45, 2.75) is 19.8 Å². The van der Waals surface area contributed by atoms with E-state index >= 15 is 0 Å². The molecule has 0 fully saturated rings. The number of fused-ring (bicyclic) bond motifs is 1. The Morgan fingerprint density at radius 3 is 2.43 bits per heavy atom. The number of unbranched alkanes of at least 4 members (excludes halogenated alkanes) is 1. The van der Waals surface area contributed by atoms with Crippen molar-refractivity contribution < 1.29 is 24.1 Å². The van der Waals surface area contributed by atoms with Crippen molar-refractivity contribution in [1.29, 1.82) is 0 Å². The predicted octanol–water partition coefficient (Wildman–Crippen LogP) is 5.46. The van der Waals surface area contributed by atoms with Crippen LogP contribution in [0.4, 0.5) is 0 Å². The quantitative estimate of drug-likeness (QED) is 0.295. The van der Waals surface area contributed by atoms with Crippen LogP contribution in [0.1, 0.15) is 30.3 Å². The van der Waals surface area contributed by atoms with Crippen molar-refractivity contribution in [1.82, 2.24) is 4.98 Å². The summed E-state index contributed by atoms with van der Waals surface area (Å²) in [6, 6.07) is 12.3.